The molecule has 0 saturated carbocycles. The first kappa shape index (κ1) is 17.1. The molecule has 0 spiro atoms. The van der Waals surface area contributed by atoms with Crippen molar-refractivity contribution >= 4 is 29.1 Å². The highest BCUT2D eigenvalue weighted by molar-refractivity contribution is 8.00. The Morgan fingerprint density at radius 3 is 2.43 bits per heavy atom. The maximum atomic E-state index is 12.5. The average molecular weight is 329 g/mol. The predicted molar refractivity (Wildman–Crippen MR) is 93.4 cm³/mol. The van der Waals surface area contributed by atoms with Crippen molar-refractivity contribution in [3.05, 3.63) is 54.1 Å². The highest BCUT2D eigenvalue weighted by Gasteiger charge is 2.16. The van der Waals surface area contributed by atoms with Crippen molar-refractivity contribution in [1.82, 2.24) is 0 Å². The van der Waals surface area contributed by atoms with E-state index in [0.717, 1.165) is 10.6 Å². The Bertz CT molecular complexity index is 698. The van der Waals surface area contributed by atoms with E-state index in [1.165, 1.54) is 18.7 Å². The summed E-state index contributed by atoms with van der Waals surface area (Å²) < 4.78 is 5.19. The summed E-state index contributed by atoms with van der Waals surface area (Å²) in [5.41, 5.74) is 1.31. The summed E-state index contributed by atoms with van der Waals surface area (Å²) in [5, 5.41) is 2.47. The van der Waals surface area contributed by atoms with Crippen molar-refractivity contribution in [3.8, 4) is 5.75 Å². The first-order valence-electron chi connectivity index (χ1n) is 7.22. The minimum Gasteiger partial charge on any atom is -0.497 e. The molecule has 0 bridgehead atoms. The molecule has 1 amide bonds. The fourth-order valence-corrected chi connectivity index (χ4v) is 3.08. The van der Waals surface area contributed by atoms with Crippen LogP contribution in [0.1, 0.15) is 24.2 Å². The van der Waals surface area contributed by atoms with E-state index in [4.69, 9.17) is 4.74 Å². The molecule has 5 heteroatoms. The first-order chi connectivity index (χ1) is 11.0. The van der Waals surface area contributed by atoms with Crippen molar-refractivity contribution in [2.75, 3.05) is 12.4 Å². The van der Waals surface area contributed by atoms with Crippen molar-refractivity contribution in [1.29, 1.82) is 0 Å². The Morgan fingerprint density at radius 1 is 1.13 bits per heavy atom. The van der Waals surface area contributed by atoms with Crippen LogP contribution in [0.5, 0.6) is 5.75 Å². The Hall–Kier alpha value is -2.27. The van der Waals surface area contributed by atoms with Crippen LogP contribution in [0.2, 0.25) is 0 Å². The number of hydrogen-bond donors (Lipinski definition) is 1. The monoisotopic (exact) mass is 329 g/mol. The number of carbonyl (C=O) groups is 2. The maximum Gasteiger partial charge on any atom is 0.221 e. The van der Waals surface area contributed by atoms with Gasteiger partial charge in [0.2, 0.25) is 5.91 Å². The Labute approximate surface area is 140 Å². The molecule has 4 nitrogen and oxygen atoms in total. The number of ketones is 1. The molecular formula is C18H19NO3S. The number of rotatable bonds is 6. The molecule has 23 heavy (non-hydrogen) atoms. The minimum absolute atomic E-state index is 0.0483. The topological polar surface area (TPSA) is 55.4 Å². The summed E-state index contributed by atoms with van der Waals surface area (Å²) in [6, 6.07) is 14.6. The molecule has 0 fully saturated rings. The second kappa shape index (κ2) is 7.83. The number of carbonyl (C=O) groups excluding carboxylic acids is 2. The molecule has 1 unspecified atom stereocenters. The lowest BCUT2D eigenvalue weighted by molar-refractivity contribution is -0.114. The Kier molecular flexibility index (Phi) is 5.82. The molecule has 0 aromatic heterocycles. The van der Waals surface area contributed by atoms with Crippen LogP contribution in [0.4, 0.5) is 5.69 Å². The van der Waals surface area contributed by atoms with Gasteiger partial charge in [0.1, 0.15) is 5.75 Å². The van der Waals surface area contributed by atoms with E-state index in [2.05, 4.69) is 5.32 Å². The maximum absolute atomic E-state index is 12.5. The van der Waals surface area contributed by atoms with Crippen molar-refractivity contribution < 1.29 is 14.3 Å². The van der Waals surface area contributed by atoms with Gasteiger partial charge in [0.25, 0.3) is 0 Å². The number of ether oxygens (including phenoxy) is 1. The molecule has 0 aliphatic carbocycles. The average Bonchev–Trinajstić information content (AvgIpc) is 2.54. The minimum atomic E-state index is -0.214. The van der Waals surface area contributed by atoms with Crippen LogP contribution < -0.4 is 10.1 Å². The third-order valence-corrected chi connectivity index (χ3v) is 4.31. The highest BCUT2D eigenvalue weighted by Crippen LogP contribution is 2.28. The van der Waals surface area contributed by atoms with Gasteiger partial charge in [0.05, 0.1) is 12.4 Å². The second-order valence-corrected chi connectivity index (χ2v) is 6.48. The largest absolute Gasteiger partial charge is 0.497 e. The molecule has 120 valence electrons. The standard InChI is InChI=1S/C18H19NO3S/c1-12(23-17-6-4-5-16(11-17)22-3)18(21)14-7-9-15(10-8-14)19-13(2)20/h4-12H,1-3H3,(H,19,20). The molecule has 0 radical (unpaired) electrons. The number of nitrogens with one attached hydrogen (secondary N) is 1. The van der Waals surface area contributed by atoms with Crippen LogP contribution in [0, 0.1) is 0 Å². The van der Waals surface area contributed by atoms with E-state index in [1.807, 2.05) is 31.2 Å². The van der Waals surface area contributed by atoms with Crippen LogP contribution in [-0.4, -0.2) is 24.1 Å². The zero-order chi connectivity index (χ0) is 16.8. The number of methoxy groups -OCH3 is 1. The SMILES string of the molecule is COc1cccc(SC(C)C(=O)c2ccc(NC(C)=O)cc2)c1. The molecule has 1 atom stereocenters. The Morgan fingerprint density at radius 2 is 1.83 bits per heavy atom. The van der Waals surface area contributed by atoms with Crippen LogP contribution in [0.15, 0.2) is 53.4 Å². The van der Waals surface area contributed by atoms with Gasteiger partial charge in [-0.3, -0.25) is 9.59 Å². The van der Waals surface area contributed by atoms with Gasteiger partial charge < -0.3 is 10.1 Å². The van der Waals surface area contributed by atoms with E-state index in [1.54, 1.807) is 31.4 Å². The number of Topliss-reactive ketones (excluding diaryl/α,β-unsaturated/α-hetero) is 1. The molecule has 0 aliphatic heterocycles. The van der Waals surface area contributed by atoms with E-state index in [9.17, 15) is 9.59 Å². The molecular weight excluding hydrogens is 310 g/mol. The molecule has 1 N–H and O–H groups in total. The van der Waals surface area contributed by atoms with Gasteiger partial charge in [-0.05, 0) is 49.4 Å². The van der Waals surface area contributed by atoms with Gasteiger partial charge in [-0.1, -0.05) is 6.07 Å². The number of hydrogen-bond acceptors (Lipinski definition) is 4. The van der Waals surface area contributed by atoms with Gasteiger partial charge in [-0.25, -0.2) is 0 Å². The number of amides is 1. The molecule has 0 saturated heterocycles. The van der Waals surface area contributed by atoms with Gasteiger partial charge >= 0.3 is 0 Å². The summed E-state index contributed by atoms with van der Waals surface area (Å²) in [6.07, 6.45) is 0. The van der Waals surface area contributed by atoms with E-state index >= 15 is 0 Å². The molecule has 2 aromatic carbocycles. The van der Waals surface area contributed by atoms with Gasteiger partial charge in [-0.15, -0.1) is 11.8 Å². The summed E-state index contributed by atoms with van der Waals surface area (Å²) in [4.78, 5) is 24.5. The lowest BCUT2D eigenvalue weighted by Crippen LogP contribution is -2.13. The molecule has 2 rings (SSSR count). The first-order valence-corrected chi connectivity index (χ1v) is 8.10. The third kappa shape index (κ3) is 4.86. The Balaban J connectivity index is 2.05. The zero-order valence-electron chi connectivity index (χ0n) is 13.3. The summed E-state index contributed by atoms with van der Waals surface area (Å²) in [7, 11) is 1.62. The second-order valence-electron chi connectivity index (χ2n) is 5.06. The lowest BCUT2D eigenvalue weighted by atomic mass is 10.1. The quantitative estimate of drug-likeness (QED) is 0.642. The van der Waals surface area contributed by atoms with E-state index in [-0.39, 0.29) is 16.9 Å². The van der Waals surface area contributed by atoms with E-state index in [0.29, 0.717) is 11.3 Å². The van der Waals surface area contributed by atoms with Crippen molar-refractivity contribution in [2.45, 2.75) is 24.0 Å². The van der Waals surface area contributed by atoms with Crippen LogP contribution in [-0.2, 0) is 4.79 Å². The third-order valence-electron chi connectivity index (χ3n) is 3.21. The normalized spacial score (nSPS) is 11.6. The summed E-state index contributed by atoms with van der Waals surface area (Å²) >= 11 is 1.49. The number of thioether (sulfide) groups is 1. The number of benzene rings is 2. The lowest BCUT2D eigenvalue weighted by Gasteiger charge is -2.11. The van der Waals surface area contributed by atoms with Crippen LogP contribution >= 0.6 is 11.8 Å². The van der Waals surface area contributed by atoms with Gasteiger partial charge in [0, 0.05) is 23.1 Å². The van der Waals surface area contributed by atoms with Crippen LogP contribution in [0.25, 0.3) is 0 Å². The number of anilines is 1. The molecule has 2 aromatic rings. The van der Waals surface area contributed by atoms with Gasteiger partial charge in [0.15, 0.2) is 5.78 Å². The fraction of sp³-hybridized carbons (Fsp3) is 0.222. The summed E-state index contributed by atoms with van der Waals surface area (Å²) in [5.74, 6) is 0.688. The van der Waals surface area contributed by atoms with E-state index < -0.39 is 0 Å². The summed E-state index contributed by atoms with van der Waals surface area (Å²) in [6.45, 7) is 3.33. The fourth-order valence-electron chi connectivity index (χ4n) is 2.09. The van der Waals surface area contributed by atoms with Crippen LogP contribution in [0.3, 0.4) is 0 Å². The highest BCUT2D eigenvalue weighted by atomic mass is 32.2. The molecule has 0 aliphatic rings. The van der Waals surface area contributed by atoms with Gasteiger partial charge in [-0.2, -0.15) is 0 Å². The molecule has 0 heterocycles. The van der Waals surface area contributed by atoms with Crippen molar-refractivity contribution in [3.63, 3.8) is 0 Å². The zero-order valence-corrected chi connectivity index (χ0v) is 14.1. The van der Waals surface area contributed by atoms with Crippen molar-refractivity contribution in [2.24, 2.45) is 0 Å². The predicted octanol–water partition coefficient (Wildman–Crippen LogP) is 4.02. The smallest absolute Gasteiger partial charge is 0.221 e.